The molecule has 0 bridgehead atoms. The van der Waals surface area contributed by atoms with Gasteiger partial charge in [-0.25, -0.2) is 0 Å². The molecule has 1 rings (SSSR count). The number of nitrogens with zero attached hydrogens (tertiary/aromatic N) is 3. The molecule has 6 heteroatoms. The van der Waals surface area contributed by atoms with Crippen molar-refractivity contribution < 1.29 is 13.2 Å². The van der Waals surface area contributed by atoms with E-state index < -0.39 is 11.7 Å². The number of nitriles is 1. The first-order valence-electron chi connectivity index (χ1n) is 3.50. The van der Waals surface area contributed by atoms with Crippen LogP contribution in [0.4, 0.5) is 13.2 Å². The molecule has 1 aromatic rings. The van der Waals surface area contributed by atoms with Gasteiger partial charge in [-0.2, -0.15) is 23.5 Å². The van der Waals surface area contributed by atoms with Crippen molar-refractivity contribution in [3.8, 4) is 6.07 Å². The SMILES string of the molecule is N#CCCn1cc(C(F)(F)F)cn1. The Kier molecular flexibility index (Phi) is 2.56. The Morgan fingerprint density at radius 1 is 1.54 bits per heavy atom. The molecule has 0 aliphatic carbocycles. The first-order chi connectivity index (χ1) is 6.04. The quantitative estimate of drug-likeness (QED) is 0.711. The zero-order chi connectivity index (χ0) is 9.90. The Morgan fingerprint density at radius 2 is 2.23 bits per heavy atom. The lowest BCUT2D eigenvalue weighted by atomic mass is 10.3. The molecule has 70 valence electrons. The molecule has 0 atom stereocenters. The van der Waals surface area contributed by atoms with Crippen LogP contribution in [0.5, 0.6) is 0 Å². The van der Waals surface area contributed by atoms with Gasteiger partial charge in [-0.1, -0.05) is 0 Å². The highest BCUT2D eigenvalue weighted by Crippen LogP contribution is 2.28. The van der Waals surface area contributed by atoms with E-state index in [0.717, 1.165) is 17.1 Å². The van der Waals surface area contributed by atoms with Crippen molar-refractivity contribution in [3.63, 3.8) is 0 Å². The largest absolute Gasteiger partial charge is 0.419 e. The molecule has 0 unspecified atom stereocenters. The van der Waals surface area contributed by atoms with Crippen LogP contribution in [0.1, 0.15) is 12.0 Å². The normalized spacial score (nSPS) is 11.2. The van der Waals surface area contributed by atoms with Gasteiger partial charge in [0.25, 0.3) is 0 Å². The molecule has 0 fully saturated rings. The van der Waals surface area contributed by atoms with Gasteiger partial charge in [-0.3, -0.25) is 4.68 Å². The second kappa shape index (κ2) is 3.47. The minimum atomic E-state index is -4.36. The lowest BCUT2D eigenvalue weighted by molar-refractivity contribution is -0.137. The molecule has 0 aromatic carbocycles. The first kappa shape index (κ1) is 9.58. The molecule has 0 N–H and O–H groups in total. The number of aromatic nitrogens is 2. The summed E-state index contributed by atoms with van der Waals surface area (Å²) in [4.78, 5) is 0. The summed E-state index contributed by atoms with van der Waals surface area (Å²) >= 11 is 0. The molecular formula is C7H6F3N3. The van der Waals surface area contributed by atoms with E-state index >= 15 is 0 Å². The Balaban J connectivity index is 2.71. The van der Waals surface area contributed by atoms with Gasteiger partial charge in [0.2, 0.25) is 0 Å². The van der Waals surface area contributed by atoms with Crippen LogP contribution >= 0.6 is 0 Å². The monoisotopic (exact) mass is 189 g/mol. The van der Waals surface area contributed by atoms with Gasteiger partial charge in [0.05, 0.1) is 30.8 Å². The lowest BCUT2D eigenvalue weighted by Crippen LogP contribution is -2.03. The summed E-state index contributed by atoms with van der Waals surface area (Å²) in [5.74, 6) is 0. The molecule has 13 heavy (non-hydrogen) atoms. The Hall–Kier alpha value is -1.51. The van der Waals surface area contributed by atoms with Crippen LogP contribution in [0.2, 0.25) is 0 Å². The van der Waals surface area contributed by atoms with Crippen LogP contribution in [0.25, 0.3) is 0 Å². The van der Waals surface area contributed by atoms with E-state index in [2.05, 4.69) is 5.10 Å². The van der Waals surface area contributed by atoms with Crippen molar-refractivity contribution in [1.82, 2.24) is 9.78 Å². The summed E-state index contributed by atoms with van der Waals surface area (Å²) in [5.41, 5.74) is -0.787. The van der Waals surface area contributed by atoms with Crippen LogP contribution in [0.15, 0.2) is 12.4 Å². The Bertz CT molecular complexity index is 320. The highest BCUT2D eigenvalue weighted by Gasteiger charge is 2.31. The molecule has 1 heterocycles. The molecule has 3 nitrogen and oxygen atoms in total. The van der Waals surface area contributed by atoms with Crippen LogP contribution < -0.4 is 0 Å². The summed E-state index contributed by atoms with van der Waals surface area (Å²) in [5, 5.41) is 11.6. The fourth-order valence-electron chi connectivity index (χ4n) is 0.797. The second-order valence-electron chi connectivity index (χ2n) is 2.40. The fraction of sp³-hybridized carbons (Fsp3) is 0.429. The van der Waals surface area contributed by atoms with Crippen LogP contribution in [0.3, 0.4) is 0 Å². The van der Waals surface area contributed by atoms with Gasteiger partial charge in [-0.15, -0.1) is 0 Å². The molecule has 0 aliphatic rings. The highest BCUT2D eigenvalue weighted by molar-refractivity contribution is 5.08. The number of alkyl halides is 3. The number of hydrogen-bond donors (Lipinski definition) is 0. The molecular weight excluding hydrogens is 183 g/mol. The smallest absolute Gasteiger partial charge is 0.271 e. The maximum atomic E-state index is 12.0. The summed E-state index contributed by atoms with van der Waals surface area (Å²) in [6.07, 6.45) is -2.57. The van der Waals surface area contributed by atoms with Crippen LogP contribution in [0, 0.1) is 11.3 Å². The van der Waals surface area contributed by atoms with Gasteiger partial charge in [0.15, 0.2) is 0 Å². The van der Waals surface area contributed by atoms with E-state index in [1.165, 1.54) is 0 Å². The highest BCUT2D eigenvalue weighted by atomic mass is 19.4. The number of halogens is 3. The van der Waals surface area contributed by atoms with Crippen molar-refractivity contribution >= 4 is 0 Å². The van der Waals surface area contributed by atoms with Crippen LogP contribution in [-0.2, 0) is 12.7 Å². The van der Waals surface area contributed by atoms with E-state index in [1.54, 1.807) is 0 Å². The zero-order valence-electron chi connectivity index (χ0n) is 6.54. The molecule has 0 saturated carbocycles. The number of aryl methyl sites for hydroxylation is 1. The number of hydrogen-bond acceptors (Lipinski definition) is 2. The first-order valence-corrected chi connectivity index (χ1v) is 3.50. The molecule has 0 spiro atoms. The average molecular weight is 189 g/mol. The van der Waals surface area contributed by atoms with Gasteiger partial charge < -0.3 is 0 Å². The van der Waals surface area contributed by atoms with Crippen molar-refractivity contribution in [2.24, 2.45) is 0 Å². The topological polar surface area (TPSA) is 41.6 Å². The lowest BCUT2D eigenvalue weighted by Gasteiger charge is -2.00. The van der Waals surface area contributed by atoms with E-state index in [1.807, 2.05) is 6.07 Å². The van der Waals surface area contributed by atoms with Gasteiger partial charge >= 0.3 is 6.18 Å². The minimum Gasteiger partial charge on any atom is -0.271 e. The third-order valence-corrected chi connectivity index (χ3v) is 1.41. The standard InChI is InChI=1S/C7H6F3N3/c8-7(9,10)6-4-12-13(5-6)3-1-2-11/h4-5H,1,3H2. The minimum absolute atomic E-state index is 0.152. The Labute approximate surface area is 72.4 Å². The molecule has 0 radical (unpaired) electrons. The summed E-state index contributed by atoms with van der Waals surface area (Å²) < 4.78 is 37.1. The maximum Gasteiger partial charge on any atom is 0.419 e. The Morgan fingerprint density at radius 3 is 2.69 bits per heavy atom. The van der Waals surface area contributed by atoms with Gasteiger partial charge in [0.1, 0.15) is 0 Å². The third-order valence-electron chi connectivity index (χ3n) is 1.41. The van der Waals surface area contributed by atoms with E-state index in [-0.39, 0.29) is 13.0 Å². The predicted molar refractivity (Wildman–Crippen MR) is 37.5 cm³/mol. The van der Waals surface area contributed by atoms with Crippen molar-refractivity contribution in [2.45, 2.75) is 19.1 Å². The molecule has 0 aliphatic heterocycles. The van der Waals surface area contributed by atoms with E-state index in [4.69, 9.17) is 5.26 Å². The van der Waals surface area contributed by atoms with E-state index in [9.17, 15) is 13.2 Å². The van der Waals surface area contributed by atoms with Crippen molar-refractivity contribution in [1.29, 1.82) is 5.26 Å². The zero-order valence-corrected chi connectivity index (χ0v) is 6.54. The molecule has 0 amide bonds. The number of rotatable bonds is 2. The maximum absolute atomic E-state index is 12.0. The van der Waals surface area contributed by atoms with E-state index in [0.29, 0.717) is 0 Å². The van der Waals surface area contributed by atoms with Gasteiger partial charge in [-0.05, 0) is 0 Å². The molecule has 1 aromatic heterocycles. The van der Waals surface area contributed by atoms with Gasteiger partial charge in [0, 0.05) is 6.20 Å². The summed E-state index contributed by atoms with van der Waals surface area (Å²) in [6, 6.07) is 1.82. The van der Waals surface area contributed by atoms with Crippen LogP contribution in [-0.4, -0.2) is 9.78 Å². The second-order valence-corrected chi connectivity index (χ2v) is 2.40. The van der Waals surface area contributed by atoms with Crippen molar-refractivity contribution in [3.05, 3.63) is 18.0 Å². The summed E-state index contributed by atoms with van der Waals surface area (Å²) in [6.45, 7) is 0.187. The third kappa shape index (κ3) is 2.47. The fourth-order valence-corrected chi connectivity index (χ4v) is 0.797. The summed E-state index contributed by atoms with van der Waals surface area (Å²) in [7, 11) is 0. The average Bonchev–Trinajstić information content (AvgIpc) is 2.47. The van der Waals surface area contributed by atoms with Crippen molar-refractivity contribution in [2.75, 3.05) is 0 Å². The predicted octanol–water partition coefficient (Wildman–Crippen LogP) is 1.82. The molecule has 0 saturated heterocycles.